The van der Waals surface area contributed by atoms with Crippen molar-refractivity contribution in [3.63, 3.8) is 0 Å². The molecule has 0 radical (unpaired) electrons. The van der Waals surface area contributed by atoms with Crippen LogP contribution < -0.4 is 5.32 Å². The summed E-state index contributed by atoms with van der Waals surface area (Å²) < 4.78 is 0. The van der Waals surface area contributed by atoms with E-state index >= 15 is 0 Å². The summed E-state index contributed by atoms with van der Waals surface area (Å²) in [6.07, 6.45) is 5.00. The highest BCUT2D eigenvalue weighted by Crippen LogP contribution is 2.24. The van der Waals surface area contributed by atoms with E-state index in [1.54, 1.807) is 0 Å². The molecule has 2 unspecified atom stereocenters. The molecule has 102 valence electrons. The van der Waals surface area contributed by atoms with Gasteiger partial charge in [0.1, 0.15) is 0 Å². The fraction of sp³-hybridized carbons (Fsp3) is 0.647. The Hall–Kier alpha value is -0.820. The maximum atomic E-state index is 3.61. The first-order chi connectivity index (χ1) is 8.72. The summed E-state index contributed by atoms with van der Waals surface area (Å²) in [5.41, 5.74) is 2.91. The standard InChI is InChI=1S/C17H29N/c1-5-8-9-15-10-12-16(13-11-15)17(18-7-3)14(4)6-2/h10-14,17-18H,5-9H2,1-4H3. The molecule has 18 heavy (non-hydrogen) atoms. The van der Waals surface area contributed by atoms with E-state index in [0.717, 1.165) is 6.54 Å². The van der Waals surface area contributed by atoms with Crippen LogP contribution in [-0.2, 0) is 6.42 Å². The van der Waals surface area contributed by atoms with Crippen molar-refractivity contribution in [2.45, 2.75) is 59.4 Å². The molecule has 1 N–H and O–H groups in total. The van der Waals surface area contributed by atoms with Crippen LogP contribution in [0.3, 0.4) is 0 Å². The maximum absolute atomic E-state index is 3.61. The molecule has 0 amide bonds. The molecule has 0 bridgehead atoms. The Balaban J connectivity index is 2.73. The van der Waals surface area contributed by atoms with Crippen molar-refractivity contribution in [1.82, 2.24) is 5.32 Å². The third kappa shape index (κ3) is 4.45. The van der Waals surface area contributed by atoms with Crippen LogP contribution in [0, 0.1) is 5.92 Å². The molecule has 1 aromatic carbocycles. The molecule has 0 aliphatic carbocycles. The van der Waals surface area contributed by atoms with Crippen molar-refractivity contribution in [2.24, 2.45) is 5.92 Å². The molecule has 0 fully saturated rings. The highest BCUT2D eigenvalue weighted by molar-refractivity contribution is 5.25. The zero-order valence-electron chi connectivity index (χ0n) is 12.5. The number of hydrogen-bond acceptors (Lipinski definition) is 1. The van der Waals surface area contributed by atoms with E-state index in [1.807, 2.05) is 0 Å². The number of benzene rings is 1. The van der Waals surface area contributed by atoms with Gasteiger partial charge < -0.3 is 5.32 Å². The van der Waals surface area contributed by atoms with Gasteiger partial charge in [0.2, 0.25) is 0 Å². The molecular weight excluding hydrogens is 218 g/mol. The fourth-order valence-corrected chi connectivity index (χ4v) is 2.38. The molecule has 1 rings (SSSR count). The summed E-state index contributed by atoms with van der Waals surface area (Å²) in [4.78, 5) is 0. The number of unbranched alkanes of at least 4 members (excludes halogenated alkanes) is 1. The third-order valence-corrected chi connectivity index (χ3v) is 3.79. The highest BCUT2D eigenvalue weighted by Gasteiger charge is 2.16. The van der Waals surface area contributed by atoms with Crippen LogP contribution in [0.2, 0.25) is 0 Å². The molecule has 1 nitrogen and oxygen atoms in total. The summed E-state index contributed by atoms with van der Waals surface area (Å²) >= 11 is 0. The first-order valence-corrected chi connectivity index (χ1v) is 7.55. The van der Waals surface area contributed by atoms with E-state index < -0.39 is 0 Å². The zero-order chi connectivity index (χ0) is 13.4. The van der Waals surface area contributed by atoms with Crippen molar-refractivity contribution >= 4 is 0 Å². The zero-order valence-corrected chi connectivity index (χ0v) is 12.5. The van der Waals surface area contributed by atoms with Crippen molar-refractivity contribution in [1.29, 1.82) is 0 Å². The van der Waals surface area contributed by atoms with Gasteiger partial charge in [-0.05, 0) is 36.4 Å². The second-order valence-corrected chi connectivity index (χ2v) is 5.27. The molecular formula is C17H29N. The van der Waals surface area contributed by atoms with Gasteiger partial charge in [-0.3, -0.25) is 0 Å². The SMILES string of the molecule is CCCCc1ccc(C(NCC)C(C)CC)cc1. The van der Waals surface area contributed by atoms with Gasteiger partial charge in [0.05, 0.1) is 0 Å². The van der Waals surface area contributed by atoms with Crippen molar-refractivity contribution < 1.29 is 0 Å². The minimum atomic E-state index is 0.500. The Morgan fingerprint density at radius 3 is 2.22 bits per heavy atom. The van der Waals surface area contributed by atoms with Crippen molar-refractivity contribution in [2.75, 3.05) is 6.54 Å². The van der Waals surface area contributed by atoms with Crippen molar-refractivity contribution in [3.8, 4) is 0 Å². The van der Waals surface area contributed by atoms with E-state index in [1.165, 1.54) is 36.8 Å². The minimum Gasteiger partial charge on any atom is -0.310 e. The van der Waals surface area contributed by atoms with E-state index in [-0.39, 0.29) is 0 Å². The van der Waals surface area contributed by atoms with Gasteiger partial charge in [-0.1, -0.05) is 64.8 Å². The lowest BCUT2D eigenvalue weighted by atomic mass is 9.91. The minimum absolute atomic E-state index is 0.500. The van der Waals surface area contributed by atoms with E-state index in [9.17, 15) is 0 Å². The number of aryl methyl sites for hydroxylation is 1. The van der Waals surface area contributed by atoms with Gasteiger partial charge in [-0.15, -0.1) is 0 Å². The first-order valence-electron chi connectivity index (χ1n) is 7.55. The van der Waals surface area contributed by atoms with Gasteiger partial charge in [-0.25, -0.2) is 0 Å². The van der Waals surface area contributed by atoms with Crippen LogP contribution in [0.15, 0.2) is 24.3 Å². The quantitative estimate of drug-likeness (QED) is 0.700. The van der Waals surface area contributed by atoms with Crippen LogP contribution in [0.1, 0.15) is 64.1 Å². The lowest BCUT2D eigenvalue weighted by Crippen LogP contribution is -2.26. The average Bonchev–Trinajstić information content (AvgIpc) is 2.42. The lowest BCUT2D eigenvalue weighted by molar-refractivity contribution is 0.384. The van der Waals surface area contributed by atoms with E-state index in [4.69, 9.17) is 0 Å². The topological polar surface area (TPSA) is 12.0 Å². The maximum Gasteiger partial charge on any atom is 0.0345 e. The molecule has 0 saturated carbocycles. The van der Waals surface area contributed by atoms with Crippen LogP contribution >= 0.6 is 0 Å². The molecule has 0 aliphatic heterocycles. The molecule has 0 aliphatic rings. The van der Waals surface area contributed by atoms with Gasteiger partial charge in [0.25, 0.3) is 0 Å². The normalized spacial score (nSPS) is 14.4. The van der Waals surface area contributed by atoms with Gasteiger partial charge in [0, 0.05) is 6.04 Å². The summed E-state index contributed by atoms with van der Waals surface area (Å²) in [5.74, 6) is 0.687. The Kier molecular flexibility index (Phi) is 7.04. The summed E-state index contributed by atoms with van der Waals surface area (Å²) in [6, 6.07) is 9.73. The Morgan fingerprint density at radius 1 is 1.06 bits per heavy atom. The number of rotatable bonds is 8. The second-order valence-electron chi connectivity index (χ2n) is 5.27. The van der Waals surface area contributed by atoms with Crippen LogP contribution in [0.5, 0.6) is 0 Å². The molecule has 1 aromatic rings. The monoisotopic (exact) mass is 247 g/mol. The van der Waals surface area contributed by atoms with E-state index in [2.05, 4.69) is 57.3 Å². The lowest BCUT2D eigenvalue weighted by Gasteiger charge is -2.24. The second kappa shape index (κ2) is 8.31. The molecule has 1 heteroatoms. The summed E-state index contributed by atoms with van der Waals surface area (Å²) in [6.45, 7) is 10.1. The third-order valence-electron chi connectivity index (χ3n) is 3.79. The molecule has 0 saturated heterocycles. The molecule has 0 heterocycles. The Morgan fingerprint density at radius 2 is 1.72 bits per heavy atom. The molecule has 0 spiro atoms. The van der Waals surface area contributed by atoms with Crippen LogP contribution in [0.25, 0.3) is 0 Å². The summed E-state index contributed by atoms with van der Waals surface area (Å²) in [7, 11) is 0. The predicted molar refractivity (Wildman–Crippen MR) is 80.9 cm³/mol. The van der Waals surface area contributed by atoms with E-state index in [0.29, 0.717) is 12.0 Å². The Labute approximate surface area is 113 Å². The largest absolute Gasteiger partial charge is 0.310 e. The van der Waals surface area contributed by atoms with Crippen molar-refractivity contribution in [3.05, 3.63) is 35.4 Å². The van der Waals surface area contributed by atoms with Crippen LogP contribution in [-0.4, -0.2) is 6.54 Å². The fourth-order valence-electron chi connectivity index (χ4n) is 2.38. The number of hydrogen-bond donors (Lipinski definition) is 1. The van der Waals surface area contributed by atoms with Gasteiger partial charge in [-0.2, -0.15) is 0 Å². The highest BCUT2D eigenvalue weighted by atomic mass is 14.9. The van der Waals surface area contributed by atoms with Crippen LogP contribution in [0.4, 0.5) is 0 Å². The molecule has 2 atom stereocenters. The smallest absolute Gasteiger partial charge is 0.0345 e. The predicted octanol–water partition coefficient (Wildman–Crippen LogP) is 4.73. The summed E-state index contributed by atoms with van der Waals surface area (Å²) in [5, 5.41) is 3.61. The Bertz CT molecular complexity index is 315. The van der Waals surface area contributed by atoms with Gasteiger partial charge >= 0.3 is 0 Å². The average molecular weight is 247 g/mol. The number of nitrogens with one attached hydrogen (secondary N) is 1. The first kappa shape index (κ1) is 15.2. The molecule has 0 aromatic heterocycles. The van der Waals surface area contributed by atoms with Gasteiger partial charge in [0.15, 0.2) is 0 Å².